The molecule has 0 spiro atoms. The second kappa shape index (κ2) is 7.70. The third-order valence-electron chi connectivity index (χ3n) is 5.96. The van der Waals surface area contributed by atoms with Gasteiger partial charge in [0.05, 0.1) is 11.8 Å². The number of fused-ring (bicyclic) bond motifs is 2. The van der Waals surface area contributed by atoms with Crippen LogP contribution in [0.2, 0.25) is 0 Å². The van der Waals surface area contributed by atoms with Crippen molar-refractivity contribution in [3.05, 3.63) is 53.1 Å². The summed E-state index contributed by atoms with van der Waals surface area (Å²) in [5.74, 6) is 2.33. The van der Waals surface area contributed by atoms with E-state index < -0.39 is 0 Å². The molecule has 2 aliphatic heterocycles. The van der Waals surface area contributed by atoms with Crippen LogP contribution in [0.3, 0.4) is 0 Å². The number of benzene rings is 2. The number of thioether (sulfide) groups is 1. The topological polar surface area (TPSA) is 38.8 Å². The van der Waals surface area contributed by atoms with Gasteiger partial charge in [-0.3, -0.25) is 4.79 Å². The van der Waals surface area contributed by atoms with Gasteiger partial charge in [-0.15, -0.1) is 11.8 Å². The standard InChI is InChI=1S/C23H25NO3S/c25-23(15-28-19-8-6-16-3-1-4-17(16)13-19)24-10-2-5-20(24)18-7-9-21-22(14-18)27-12-11-26-21/h6-9,13-14,20H,1-5,10-12,15H2/t20-/m1/s1. The molecule has 0 unspecified atom stereocenters. The predicted octanol–water partition coefficient (Wildman–Crippen LogP) is 4.40. The maximum Gasteiger partial charge on any atom is 0.233 e. The summed E-state index contributed by atoms with van der Waals surface area (Å²) in [7, 11) is 0. The molecule has 0 radical (unpaired) electrons. The average molecular weight is 396 g/mol. The summed E-state index contributed by atoms with van der Waals surface area (Å²) in [6.07, 6.45) is 5.69. The van der Waals surface area contributed by atoms with Crippen molar-refractivity contribution in [1.82, 2.24) is 4.90 Å². The Morgan fingerprint density at radius 3 is 2.79 bits per heavy atom. The van der Waals surface area contributed by atoms with Crippen molar-refractivity contribution in [2.45, 2.75) is 43.0 Å². The lowest BCUT2D eigenvalue weighted by molar-refractivity contribution is -0.129. The first-order valence-corrected chi connectivity index (χ1v) is 11.2. The monoisotopic (exact) mass is 395 g/mol. The van der Waals surface area contributed by atoms with Crippen molar-refractivity contribution >= 4 is 17.7 Å². The van der Waals surface area contributed by atoms with E-state index in [4.69, 9.17) is 9.47 Å². The third kappa shape index (κ3) is 3.48. The first kappa shape index (κ1) is 17.9. The number of hydrogen-bond donors (Lipinski definition) is 0. The second-order valence-electron chi connectivity index (χ2n) is 7.72. The largest absolute Gasteiger partial charge is 0.486 e. The molecule has 5 rings (SSSR count). The smallest absolute Gasteiger partial charge is 0.233 e. The molecule has 0 bridgehead atoms. The highest BCUT2D eigenvalue weighted by Gasteiger charge is 2.30. The molecule has 2 heterocycles. The fourth-order valence-electron chi connectivity index (χ4n) is 4.54. The van der Waals surface area contributed by atoms with Crippen LogP contribution in [0, 0.1) is 0 Å². The molecule has 1 fully saturated rings. The summed E-state index contributed by atoms with van der Waals surface area (Å²) in [5.41, 5.74) is 4.10. The maximum absolute atomic E-state index is 13.0. The summed E-state index contributed by atoms with van der Waals surface area (Å²) in [5, 5.41) is 0. The summed E-state index contributed by atoms with van der Waals surface area (Å²) in [6.45, 7) is 2.02. The summed E-state index contributed by atoms with van der Waals surface area (Å²) >= 11 is 1.67. The zero-order valence-electron chi connectivity index (χ0n) is 16.0. The molecule has 3 aliphatic rings. The van der Waals surface area contributed by atoms with Gasteiger partial charge in [-0.25, -0.2) is 0 Å². The van der Waals surface area contributed by atoms with E-state index in [1.807, 2.05) is 11.0 Å². The summed E-state index contributed by atoms with van der Waals surface area (Å²) < 4.78 is 11.4. The highest BCUT2D eigenvalue weighted by molar-refractivity contribution is 8.00. The molecule has 146 valence electrons. The highest BCUT2D eigenvalue weighted by Crippen LogP contribution is 2.38. The van der Waals surface area contributed by atoms with Gasteiger partial charge >= 0.3 is 0 Å². The molecule has 28 heavy (non-hydrogen) atoms. The van der Waals surface area contributed by atoms with Gasteiger partial charge in [-0.05, 0) is 73.1 Å². The van der Waals surface area contributed by atoms with Gasteiger partial charge in [-0.2, -0.15) is 0 Å². The van der Waals surface area contributed by atoms with Crippen LogP contribution in [0.25, 0.3) is 0 Å². The SMILES string of the molecule is O=C(CSc1ccc2c(c1)CCC2)N1CCC[C@@H]1c1ccc2c(c1)OCCO2. The Kier molecular flexibility index (Phi) is 4.93. The van der Waals surface area contributed by atoms with Crippen LogP contribution < -0.4 is 9.47 Å². The van der Waals surface area contributed by atoms with Crippen molar-refractivity contribution in [1.29, 1.82) is 0 Å². The van der Waals surface area contributed by atoms with Crippen LogP contribution in [0.1, 0.15) is 42.0 Å². The molecule has 4 nitrogen and oxygen atoms in total. The second-order valence-corrected chi connectivity index (χ2v) is 8.77. The van der Waals surface area contributed by atoms with Gasteiger partial charge in [0, 0.05) is 11.4 Å². The van der Waals surface area contributed by atoms with Crippen molar-refractivity contribution in [3.63, 3.8) is 0 Å². The normalized spacial score (nSPS) is 20.3. The van der Waals surface area contributed by atoms with Crippen molar-refractivity contribution in [2.24, 2.45) is 0 Å². The van der Waals surface area contributed by atoms with Gasteiger partial charge in [-0.1, -0.05) is 12.1 Å². The van der Waals surface area contributed by atoms with E-state index in [0.717, 1.165) is 36.4 Å². The number of nitrogens with zero attached hydrogens (tertiary/aromatic N) is 1. The first-order chi connectivity index (χ1) is 13.8. The number of rotatable bonds is 4. The molecule has 1 aliphatic carbocycles. The zero-order chi connectivity index (χ0) is 18.9. The Labute approximate surface area is 170 Å². The fourth-order valence-corrected chi connectivity index (χ4v) is 5.39. The molecule has 0 N–H and O–H groups in total. The number of aryl methyl sites for hydroxylation is 2. The van der Waals surface area contributed by atoms with E-state index in [1.54, 1.807) is 11.8 Å². The number of carbonyl (C=O) groups is 1. The quantitative estimate of drug-likeness (QED) is 0.719. The van der Waals surface area contributed by atoms with E-state index in [-0.39, 0.29) is 11.9 Å². The van der Waals surface area contributed by atoms with Gasteiger partial charge in [0.15, 0.2) is 11.5 Å². The van der Waals surface area contributed by atoms with E-state index in [0.29, 0.717) is 19.0 Å². The Bertz CT molecular complexity index is 897. The van der Waals surface area contributed by atoms with E-state index in [9.17, 15) is 4.79 Å². The van der Waals surface area contributed by atoms with Gasteiger partial charge < -0.3 is 14.4 Å². The van der Waals surface area contributed by atoms with Crippen LogP contribution >= 0.6 is 11.8 Å². The summed E-state index contributed by atoms with van der Waals surface area (Å²) in [6, 6.07) is 12.9. The van der Waals surface area contributed by atoms with Crippen LogP contribution in [0.4, 0.5) is 0 Å². The van der Waals surface area contributed by atoms with Crippen LogP contribution in [0.5, 0.6) is 11.5 Å². The number of hydrogen-bond acceptors (Lipinski definition) is 4. The molecule has 0 saturated carbocycles. The Morgan fingerprint density at radius 2 is 1.86 bits per heavy atom. The first-order valence-electron chi connectivity index (χ1n) is 10.2. The molecule has 0 aromatic heterocycles. The third-order valence-corrected chi connectivity index (χ3v) is 6.93. The minimum absolute atomic E-state index is 0.143. The maximum atomic E-state index is 13.0. The number of amides is 1. The minimum Gasteiger partial charge on any atom is -0.486 e. The Morgan fingerprint density at radius 1 is 1.00 bits per heavy atom. The molecule has 2 aromatic rings. The van der Waals surface area contributed by atoms with Gasteiger partial charge in [0.2, 0.25) is 5.91 Å². The lowest BCUT2D eigenvalue weighted by Gasteiger charge is -2.26. The average Bonchev–Trinajstić information content (AvgIpc) is 3.40. The highest BCUT2D eigenvalue weighted by atomic mass is 32.2. The molecule has 1 saturated heterocycles. The zero-order valence-corrected chi connectivity index (χ0v) is 16.8. The molecular formula is C23H25NO3S. The molecule has 2 aromatic carbocycles. The van der Waals surface area contributed by atoms with Crippen molar-refractivity contribution < 1.29 is 14.3 Å². The van der Waals surface area contributed by atoms with Crippen LogP contribution in [-0.4, -0.2) is 36.3 Å². The van der Waals surface area contributed by atoms with E-state index >= 15 is 0 Å². The lowest BCUT2D eigenvalue weighted by atomic mass is 10.0. The fraction of sp³-hybridized carbons (Fsp3) is 0.435. The lowest BCUT2D eigenvalue weighted by Crippen LogP contribution is -2.32. The Hall–Kier alpha value is -2.14. The minimum atomic E-state index is 0.143. The van der Waals surface area contributed by atoms with Crippen molar-refractivity contribution in [2.75, 3.05) is 25.5 Å². The molecule has 5 heteroatoms. The molecule has 1 atom stereocenters. The van der Waals surface area contributed by atoms with Gasteiger partial charge in [0.25, 0.3) is 0 Å². The Balaban J connectivity index is 1.26. The molecule has 1 amide bonds. The van der Waals surface area contributed by atoms with Crippen LogP contribution in [-0.2, 0) is 17.6 Å². The van der Waals surface area contributed by atoms with Crippen molar-refractivity contribution in [3.8, 4) is 11.5 Å². The predicted molar refractivity (Wildman–Crippen MR) is 110 cm³/mol. The van der Waals surface area contributed by atoms with E-state index in [2.05, 4.69) is 30.3 Å². The number of ether oxygens (including phenoxy) is 2. The van der Waals surface area contributed by atoms with Gasteiger partial charge in [0.1, 0.15) is 13.2 Å². The number of carbonyl (C=O) groups excluding carboxylic acids is 1. The summed E-state index contributed by atoms with van der Waals surface area (Å²) in [4.78, 5) is 16.2. The number of likely N-dealkylation sites (tertiary alicyclic amines) is 1. The van der Waals surface area contributed by atoms with E-state index in [1.165, 1.54) is 35.3 Å². The molecular weight excluding hydrogens is 370 g/mol. The van der Waals surface area contributed by atoms with Crippen LogP contribution in [0.15, 0.2) is 41.3 Å².